The zero-order valence-corrected chi connectivity index (χ0v) is 13.8. The van der Waals surface area contributed by atoms with Crippen molar-refractivity contribution in [1.82, 2.24) is 0 Å². The molecule has 0 aliphatic heterocycles. The van der Waals surface area contributed by atoms with E-state index in [4.69, 9.17) is 26.8 Å². The summed E-state index contributed by atoms with van der Waals surface area (Å²) in [6.45, 7) is 5.27. The molecule has 118 valence electrons. The minimum atomic E-state index is 0.660. The number of benzene rings is 2. The monoisotopic (exact) mass is 319 g/mol. The lowest BCUT2D eigenvalue weighted by Crippen LogP contribution is -2.04. The number of nitrogen functional groups attached to an aromatic ring is 1. The van der Waals surface area contributed by atoms with Crippen LogP contribution in [0.15, 0.2) is 36.4 Å². The van der Waals surface area contributed by atoms with E-state index in [1.807, 2.05) is 50.2 Å². The fraction of sp³-hybridized carbons (Fsp3) is 0.333. The lowest BCUT2D eigenvalue weighted by atomic mass is 10.2. The van der Waals surface area contributed by atoms with Gasteiger partial charge in [-0.3, -0.25) is 0 Å². The van der Waals surface area contributed by atoms with E-state index in [-0.39, 0.29) is 0 Å². The highest BCUT2D eigenvalue weighted by Crippen LogP contribution is 2.23. The molecule has 3 nitrogen and oxygen atoms in total. The Hall–Kier alpha value is -1.87. The third-order valence-electron chi connectivity index (χ3n) is 3.52. The van der Waals surface area contributed by atoms with Crippen LogP contribution in [0.4, 0.5) is 5.69 Å². The van der Waals surface area contributed by atoms with Crippen LogP contribution in [0, 0.1) is 13.8 Å². The molecule has 0 bridgehead atoms. The van der Waals surface area contributed by atoms with Gasteiger partial charge in [0.05, 0.1) is 13.2 Å². The molecule has 4 heteroatoms. The lowest BCUT2D eigenvalue weighted by molar-refractivity contribution is 0.265. The molecule has 0 spiro atoms. The van der Waals surface area contributed by atoms with E-state index < -0.39 is 0 Å². The molecule has 2 N–H and O–H groups in total. The Bertz CT molecular complexity index is 628. The van der Waals surface area contributed by atoms with Crippen molar-refractivity contribution in [2.24, 2.45) is 0 Å². The minimum absolute atomic E-state index is 0.660. The summed E-state index contributed by atoms with van der Waals surface area (Å²) in [5.74, 6) is 1.71. The molecule has 0 aromatic heterocycles. The van der Waals surface area contributed by atoms with Crippen molar-refractivity contribution in [3.63, 3.8) is 0 Å². The SMILES string of the molecule is Cc1cc(OCCCCOc2cccc(N)c2C)ccc1Cl. The molecular formula is C18H22ClNO2. The Morgan fingerprint density at radius 3 is 2.45 bits per heavy atom. The molecule has 0 amide bonds. The zero-order chi connectivity index (χ0) is 15.9. The Kier molecular flexibility index (Phi) is 5.96. The molecule has 0 heterocycles. The molecular weight excluding hydrogens is 298 g/mol. The van der Waals surface area contributed by atoms with Gasteiger partial charge in [-0.25, -0.2) is 0 Å². The second kappa shape index (κ2) is 7.95. The van der Waals surface area contributed by atoms with Gasteiger partial charge in [0.2, 0.25) is 0 Å². The maximum Gasteiger partial charge on any atom is 0.124 e. The molecule has 2 aromatic rings. The second-order valence-electron chi connectivity index (χ2n) is 5.29. The zero-order valence-electron chi connectivity index (χ0n) is 13.1. The fourth-order valence-corrected chi connectivity index (χ4v) is 2.19. The number of unbranched alkanes of at least 4 members (excludes halogenated alkanes) is 1. The maximum absolute atomic E-state index is 5.98. The highest BCUT2D eigenvalue weighted by atomic mass is 35.5. The second-order valence-corrected chi connectivity index (χ2v) is 5.69. The van der Waals surface area contributed by atoms with Crippen LogP contribution in [0.25, 0.3) is 0 Å². The molecule has 0 atom stereocenters. The molecule has 0 saturated carbocycles. The van der Waals surface area contributed by atoms with Gasteiger partial charge < -0.3 is 15.2 Å². The van der Waals surface area contributed by atoms with E-state index in [9.17, 15) is 0 Å². The summed E-state index contributed by atoms with van der Waals surface area (Å²) in [6, 6.07) is 11.4. The van der Waals surface area contributed by atoms with Crippen LogP contribution in [0.2, 0.25) is 5.02 Å². The smallest absolute Gasteiger partial charge is 0.124 e. The van der Waals surface area contributed by atoms with Crippen molar-refractivity contribution in [2.75, 3.05) is 18.9 Å². The first-order valence-corrected chi connectivity index (χ1v) is 7.82. The quantitative estimate of drug-likeness (QED) is 0.590. The summed E-state index contributed by atoms with van der Waals surface area (Å²) in [6.07, 6.45) is 1.86. The maximum atomic E-state index is 5.98. The number of nitrogens with two attached hydrogens (primary N) is 1. The molecule has 0 aliphatic carbocycles. The van der Waals surface area contributed by atoms with E-state index in [2.05, 4.69) is 0 Å². The molecule has 22 heavy (non-hydrogen) atoms. The van der Waals surface area contributed by atoms with Gasteiger partial charge in [-0.05, 0) is 62.6 Å². The van der Waals surface area contributed by atoms with Crippen molar-refractivity contribution in [3.8, 4) is 11.5 Å². The molecule has 0 unspecified atom stereocenters. The van der Waals surface area contributed by atoms with Crippen molar-refractivity contribution in [1.29, 1.82) is 0 Å². The first kappa shape index (κ1) is 16.5. The third kappa shape index (κ3) is 4.57. The Morgan fingerprint density at radius 1 is 1.00 bits per heavy atom. The number of aryl methyl sites for hydroxylation is 1. The first-order chi connectivity index (χ1) is 10.6. The number of hydrogen-bond acceptors (Lipinski definition) is 3. The molecule has 2 aromatic carbocycles. The summed E-state index contributed by atoms with van der Waals surface area (Å²) < 4.78 is 11.5. The van der Waals surface area contributed by atoms with Crippen LogP contribution in [-0.4, -0.2) is 13.2 Å². The number of hydrogen-bond donors (Lipinski definition) is 1. The summed E-state index contributed by atoms with van der Waals surface area (Å²) in [5.41, 5.74) is 8.64. The van der Waals surface area contributed by atoms with Crippen molar-refractivity contribution in [3.05, 3.63) is 52.5 Å². The van der Waals surface area contributed by atoms with Gasteiger partial charge in [0.15, 0.2) is 0 Å². The highest BCUT2D eigenvalue weighted by molar-refractivity contribution is 6.31. The van der Waals surface area contributed by atoms with Crippen molar-refractivity contribution >= 4 is 17.3 Å². The van der Waals surface area contributed by atoms with Crippen LogP contribution in [0.3, 0.4) is 0 Å². The largest absolute Gasteiger partial charge is 0.494 e. The average Bonchev–Trinajstić information content (AvgIpc) is 2.50. The number of ether oxygens (including phenoxy) is 2. The van der Waals surface area contributed by atoms with Crippen LogP contribution in [0.5, 0.6) is 11.5 Å². The van der Waals surface area contributed by atoms with Gasteiger partial charge in [-0.2, -0.15) is 0 Å². The summed E-state index contributed by atoms with van der Waals surface area (Å²) in [4.78, 5) is 0. The van der Waals surface area contributed by atoms with Gasteiger partial charge >= 0.3 is 0 Å². The normalized spacial score (nSPS) is 10.5. The number of rotatable bonds is 7. The van der Waals surface area contributed by atoms with Gasteiger partial charge in [0.1, 0.15) is 11.5 Å². The Labute approximate surface area is 137 Å². The summed E-state index contributed by atoms with van der Waals surface area (Å²) in [7, 11) is 0. The van der Waals surface area contributed by atoms with Gasteiger partial charge in [-0.15, -0.1) is 0 Å². The van der Waals surface area contributed by atoms with Crippen LogP contribution < -0.4 is 15.2 Å². The van der Waals surface area contributed by atoms with E-state index in [0.29, 0.717) is 13.2 Å². The lowest BCUT2D eigenvalue weighted by Gasteiger charge is -2.11. The molecule has 0 saturated heterocycles. The molecule has 0 aliphatic rings. The minimum Gasteiger partial charge on any atom is -0.494 e. The predicted octanol–water partition coefficient (Wildman–Crippen LogP) is 4.78. The van der Waals surface area contributed by atoms with Crippen molar-refractivity contribution < 1.29 is 9.47 Å². The molecule has 2 rings (SSSR count). The van der Waals surface area contributed by atoms with E-state index in [1.54, 1.807) is 0 Å². The molecule has 0 radical (unpaired) electrons. The topological polar surface area (TPSA) is 44.5 Å². The summed E-state index contributed by atoms with van der Waals surface area (Å²) >= 11 is 5.98. The van der Waals surface area contributed by atoms with E-state index in [1.165, 1.54) is 0 Å². The fourth-order valence-electron chi connectivity index (χ4n) is 2.07. The highest BCUT2D eigenvalue weighted by Gasteiger charge is 2.02. The number of halogens is 1. The Balaban J connectivity index is 1.67. The van der Waals surface area contributed by atoms with Crippen LogP contribution >= 0.6 is 11.6 Å². The van der Waals surface area contributed by atoms with Gasteiger partial charge in [0.25, 0.3) is 0 Å². The van der Waals surface area contributed by atoms with Crippen LogP contribution in [0.1, 0.15) is 24.0 Å². The van der Waals surface area contributed by atoms with E-state index >= 15 is 0 Å². The predicted molar refractivity (Wildman–Crippen MR) is 92.0 cm³/mol. The Morgan fingerprint density at radius 2 is 1.73 bits per heavy atom. The van der Waals surface area contributed by atoms with Gasteiger partial charge in [-0.1, -0.05) is 17.7 Å². The standard InChI is InChI=1S/C18H22ClNO2/c1-13-12-15(8-9-16(13)19)21-10-3-4-11-22-18-7-5-6-17(20)14(18)2/h5-9,12H,3-4,10-11,20H2,1-2H3. The van der Waals surface area contributed by atoms with Crippen molar-refractivity contribution in [2.45, 2.75) is 26.7 Å². The molecule has 0 fully saturated rings. The third-order valence-corrected chi connectivity index (χ3v) is 3.94. The summed E-state index contributed by atoms with van der Waals surface area (Å²) in [5, 5.41) is 0.762. The van der Waals surface area contributed by atoms with E-state index in [0.717, 1.165) is 46.2 Å². The first-order valence-electron chi connectivity index (χ1n) is 7.45. The average molecular weight is 320 g/mol. The number of anilines is 1. The van der Waals surface area contributed by atoms with Crippen LogP contribution in [-0.2, 0) is 0 Å². The van der Waals surface area contributed by atoms with Gasteiger partial charge in [0, 0.05) is 16.3 Å².